The predicted octanol–water partition coefficient (Wildman–Crippen LogP) is 3.34. The van der Waals surface area contributed by atoms with Gasteiger partial charge in [0.25, 0.3) is 0 Å². The highest BCUT2D eigenvalue weighted by Crippen LogP contribution is 2.65. The molecular weight excluding hydrogens is 407 g/mol. The van der Waals surface area contributed by atoms with Crippen LogP contribution in [0.2, 0.25) is 0 Å². The zero-order valence-electron chi connectivity index (χ0n) is 19.9. The molecule has 1 aliphatic heterocycles. The Morgan fingerprint density at radius 2 is 2.00 bits per heavy atom. The number of benzene rings is 1. The third kappa shape index (κ3) is 3.92. The zero-order chi connectivity index (χ0) is 23.5. The molecule has 5 atom stereocenters. The highest BCUT2D eigenvalue weighted by Gasteiger charge is 2.68. The molecule has 2 amide bonds. The molecule has 0 spiro atoms. The fraction of sp³-hybridized carbons (Fsp3) is 0.667. The van der Waals surface area contributed by atoms with Gasteiger partial charge in [-0.3, -0.25) is 4.79 Å². The van der Waals surface area contributed by atoms with Crippen molar-refractivity contribution in [1.82, 2.24) is 10.6 Å². The quantitative estimate of drug-likeness (QED) is 0.588. The highest BCUT2D eigenvalue weighted by molar-refractivity contribution is 6.48. The average Bonchev–Trinajstić information content (AvgIpc) is 3.03. The van der Waals surface area contributed by atoms with Gasteiger partial charge in [-0.15, -0.1) is 0 Å². The maximum absolute atomic E-state index is 13.0. The molecule has 2 bridgehead atoms. The van der Waals surface area contributed by atoms with Crippen LogP contribution in [0.5, 0.6) is 0 Å². The third-order valence-corrected chi connectivity index (χ3v) is 8.14. The number of rotatable bonds is 6. The molecule has 1 heterocycles. The number of amides is 2. The fourth-order valence-corrected chi connectivity index (χ4v) is 6.05. The summed E-state index contributed by atoms with van der Waals surface area (Å²) in [5.74, 6) is 0.206. The first-order valence-electron chi connectivity index (χ1n) is 11.5. The molecule has 1 aromatic rings. The second kappa shape index (κ2) is 7.77. The fourth-order valence-electron chi connectivity index (χ4n) is 6.05. The van der Waals surface area contributed by atoms with E-state index in [-0.39, 0.29) is 17.1 Å². The molecular formula is C24H35BN2O5. The maximum atomic E-state index is 13.0. The standard InChI is InChI=1S/C24H35BN2O5/c1-14-8-7-9-15(10-14)11-19(26-20(28)23(4,5)27-21(29)30)25-31-18-13-16-12-17(22(16,2)3)24(18,6)32-25/h7-10,16-19,27H,11-13H2,1-6H3,(H,26,28)(H,29,30)/t16-,17-,18+,19-,24-/m0/s1. The topological polar surface area (TPSA) is 96.9 Å². The molecule has 4 fully saturated rings. The average molecular weight is 442 g/mol. The van der Waals surface area contributed by atoms with E-state index < -0.39 is 30.6 Å². The molecule has 7 nitrogen and oxygen atoms in total. The van der Waals surface area contributed by atoms with Crippen LogP contribution in [0.3, 0.4) is 0 Å². The summed E-state index contributed by atoms with van der Waals surface area (Å²) in [6, 6.07) is 8.14. The normalized spacial score (nSPS) is 31.3. The summed E-state index contributed by atoms with van der Waals surface area (Å²) in [6.45, 7) is 11.9. The summed E-state index contributed by atoms with van der Waals surface area (Å²) >= 11 is 0. The van der Waals surface area contributed by atoms with Crippen LogP contribution < -0.4 is 10.6 Å². The highest BCUT2D eigenvalue weighted by atomic mass is 16.7. The van der Waals surface area contributed by atoms with Crippen molar-refractivity contribution in [3.63, 3.8) is 0 Å². The van der Waals surface area contributed by atoms with Crippen molar-refractivity contribution in [3.05, 3.63) is 35.4 Å². The van der Waals surface area contributed by atoms with Gasteiger partial charge >= 0.3 is 13.2 Å². The van der Waals surface area contributed by atoms with Gasteiger partial charge in [0, 0.05) is 0 Å². The van der Waals surface area contributed by atoms with E-state index in [0.717, 1.165) is 24.0 Å². The number of carboxylic acid groups (broad SMARTS) is 1. The predicted molar refractivity (Wildman–Crippen MR) is 122 cm³/mol. The van der Waals surface area contributed by atoms with Crippen molar-refractivity contribution in [2.75, 3.05) is 0 Å². The van der Waals surface area contributed by atoms with E-state index in [9.17, 15) is 9.59 Å². The maximum Gasteiger partial charge on any atom is 0.482 e. The lowest BCUT2D eigenvalue weighted by atomic mass is 9.43. The van der Waals surface area contributed by atoms with Gasteiger partial charge in [0.15, 0.2) is 0 Å². The number of carbonyl (C=O) groups is 2. The number of carbonyl (C=O) groups excluding carboxylic acids is 1. The molecule has 3 saturated carbocycles. The minimum absolute atomic E-state index is 0.00587. The molecule has 1 saturated heterocycles. The van der Waals surface area contributed by atoms with Gasteiger partial charge in [-0.1, -0.05) is 43.7 Å². The lowest BCUT2D eigenvalue weighted by Crippen LogP contribution is -2.65. The van der Waals surface area contributed by atoms with Crippen LogP contribution in [0, 0.1) is 24.2 Å². The van der Waals surface area contributed by atoms with Crippen molar-refractivity contribution in [3.8, 4) is 0 Å². The summed E-state index contributed by atoms with van der Waals surface area (Å²) in [4.78, 5) is 24.2. The van der Waals surface area contributed by atoms with E-state index in [2.05, 4.69) is 37.5 Å². The summed E-state index contributed by atoms with van der Waals surface area (Å²) in [5, 5.41) is 14.5. The minimum Gasteiger partial charge on any atom is -0.465 e. The molecule has 174 valence electrons. The molecule has 32 heavy (non-hydrogen) atoms. The molecule has 5 rings (SSSR count). The van der Waals surface area contributed by atoms with Gasteiger partial charge < -0.3 is 25.0 Å². The van der Waals surface area contributed by atoms with Crippen LogP contribution >= 0.6 is 0 Å². The van der Waals surface area contributed by atoms with E-state index in [4.69, 9.17) is 14.4 Å². The SMILES string of the molecule is Cc1cccc(C[C@H](NC(=O)C(C)(C)NC(=O)O)B2O[C@@H]3C[C@@H]4C[C@@H](C4(C)C)[C@]3(C)O2)c1. The van der Waals surface area contributed by atoms with Crippen LogP contribution in [-0.4, -0.2) is 47.4 Å². The molecule has 0 aromatic heterocycles. The molecule has 0 radical (unpaired) electrons. The summed E-state index contributed by atoms with van der Waals surface area (Å²) < 4.78 is 13.1. The molecule has 8 heteroatoms. The Hall–Kier alpha value is -2.06. The van der Waals surface area contributed by atoms with E-state index >= 15 is 0 Å². The molecule has 4 aliphatic rings. The smallest absolute Gasteiger partial charge is 0.465 e. The summed E-state index contributed by atoms with van der Waals surface area (Å²) in [5.41, 5.74) is 0.766. The van der Waals surface area contributed by atoms with E-state index in [1.54, 1.807) is 13.8 Å². The van der Waals surface area contributed by atoms with Crippen LogP contribution in [0.1, 0.15) is 58.6 Å². The second-order valence-corrected chi connectivity index (χ2v) is 11.2. The largest absolute Gasteiger partial charge is 0.482 e. The number of aryl methyl sites for hydroxylation is 1. The van der Waals surface area contributed by atoms with Crippen LogP contribution in [-0.2, 0) is 20.5 Å². The van der Waals surface area contributed by atoms with Crippen molar-refractivity contribution in [1.29, 1.82) is 0 Å². The lowest BCUT2D eigenvalue weighted by Gasteiger charge is -2.64. The Morgan fingerprint density at radius 1 is 1.28 bits per heavy atom. The first-order chi connectivity index (χ1) is 14.8. The Bertz CT molecular complexity index is 919. The van der Waals surface area contributed by atoms with Crippen molar-refractivity contribution >= 4 is 19.1 Å². The summed E-state index contributed by atoms with van der Waals surface area (Å²) in [7, 11) is -0.592. The number of hydrogen-bond acceptors (Lipinski definition) is 4. The van der Waals surface area contributed by atoms with E-state index in [0.29, 0.717) is 18.3 Å². The van der Waals surface area contributed by atoms with Crippen LogP contribution in [0.4, 0.5) is 4.79 Å². The minimum atomic E-state index is -1.28. The second-order valence-electron chi connectivity index (χ2n) is 11.2. The van der Waals surface area contributed by atoms with Gasteiger partial charge in [-0.2, -0.15) is 0 Å². The molecule has 3 aliphatic carbocycles. The third-order valence-electron chi connectivity index (χ3n) is 8.14. The number of hydrogen-bond donors (Lipinski definition) is 3. The summed E-state index contributed by atoms with van der Waals surface area (Å²) in [6.07, 6.45) is 1.41. The van der Waals surface area contributed by atoms with Gasteiger partial charge in [0.05, 0.1) is 17.6 Å². The molecule has 1 aromatic carbocycles. The molecule has 0 unspecified atom stereocenters. The molecule has 3 N–H and O–H groups in total. The monoisotopic (exact) mass is 442 g/mol. The van der Waals surface area contributed by atoms with Crippen molar-refractivity contribution in [2.45, 2.75) is 84.0 Å². The van der Waals surface area contributed by atoms with Crippen LogP contribution in [0.25, 0.3) is 0 Å². The van der Waals surface area contributed by atoms with Crippen molar-refractivity contribution < 1.29 is 24.0 Å². The van der Waals surface area contributed by atoms with Gasteiger partial charge in [0.1, 0.15) is 5.54 Å². The Morgan fingerprint density at radius 3 is 2.62 bits per heavy atom. The lowest BCUT2D eigenvalue weighted by molar-refractivity contribution is -0.199. The van der Waals surface area contributed by atoms with Crippen LogP contribution in [0.15, 0.2) is 24.3 Å². The van der Waals surface area contributed by atoms with E-state index in [1.165, 1.54) is 0 Å². The van der Waals surface area contributed by atoms with Gasteiger partial charge in [0.2, 0.25) is 5.91 Å². The number of nitrogens with one attached hydrogen (secondary N) is 2. The van der Waals surface area contributed by atoms with E-state index in [1.807, 2.05) is 25.1 Å². The zero-order valence-corrected chi connectivity index (χ0v) is 19.9. The Labute approximate surface area is 190 Å². The Balaban J connectivity index is 1.57. The Kier molecular flexibility index (Phi) is 5.61. The van der Waals surface area contributed by atoms with Crippen molar-refractivity contribution in [2.24, 2.45) is 17.3 Å². The van der Waals surface area contributed by atoms with Gasteiger partial charge in [-0.05, 0) is 69.8 Å². The van der Waals surface area contributed by atoms with Gasteiger partial charge in [-0.25, -0.2) is 4.79 Å². The first kappa shape index (κ1) is 23.1. The first-order valence-corrected chi connectivity index (χ1v) is 11.5.